The van der Waals surface area contributed by atoms with Gasteiger partial charge in [0.2, 0.25) is 0 Å². The second-order valence-corrected chi connectivity index (χ2v) is 4.47. The number of benzene rings is 1. The largest absolute Gasteiger partial charge is 0.486 e. The fourth-order valence-corrected chi connectivity index (χ4v) is 2.58. The maximum absolute atomic E-state index is 6.07. The zero-order valence-electron chi connectivity index (χ0n) is 8.53. The SMILES string of the molecule is C[C@@H]1C=C[C@H]2c3ccccc3O[C@@]12C. The molecule has 1 nitrogen and oxygen atoms in total. The van der Waals surface area contributed by atoms with Crippen molar-refractivity contribution >= 4 is 0 Å². The second kappa shape index (κ2) is 2.41. The molecule has 1 aliphatic carbocycles. The van der Waals surface area contributed by atoms with Crippen molar-refractivity contribution in [1.82, 2.24) is 0 Å². The molecule has 1 heterocycles. The van der Waals surface area contributed by atoms with Gasteiger partial charge >= 0.3 is 0 Å². The summed E-state index contributed by atoms with van der Waals surface area (Å²) in [5.41, 5.74) is 1.31. The fraction of sp³-hybridized carbons (Fsp3) is 0.385. The molecule has 0 spiro atoms. The molecule has 0 aromatic heterocycles. The predicted octanol–water partition coefficient (Wildman–Crippen LogP) is 3.13. The highest BCUT2D eigenvalue weighted by atomic mass is 16.5. The first-order valence-electron chi connectivity index (χ1n) is 5.18. The van der Waals surface area contributed by atoms with Gasteiger partial charge in [-0.3, -0.25) is 0 Å². The van der Waals surface area contributed by atoms with Crippen molar-refractivity contribution < 1.29 is 4.74 Å². The molecule has 1 heteroatoms. The number of rotatable bonds is 0. The van der Waals surface area contributed by atoms with Crippen molar-refractivity contribution in [2.24, 2.45) is 5.92 Å². The van der Waals surface area contributed by atoms with Gasteiger partial charge in [0.1, 0.15) is 11.4 Å². The Morgan fingerprint density at radius 3 is 2.86 bits per heavy atom. The number of hydrogen-bond donors (Lipinski definition) is 0. The summed E-state index contributed by atoms with van der Waals surface area (Å²) in [5.74, 6) is 2.02. The highest BCUT2D eigenvalue weighted by Gasteiger charge is 2.49. The number of para-hydroxylation sites is 1. The smallest absolute Gasteiger partial charge is 0.124 e. The van der Waals surface area contributed by atoms with Gasteiger partial charge in [0.25, 0.3) is 0 Å². The second-order valence-electron chi connectivity index (χ2n) is 4.47. The summed E-state index contributed by atoms with van der Waals surface area (Å²) in [6.45, 7) is 4.44. The monoisotopic (exact) mass is 186 g/mol. The molecule has 1 aromatic carbocycles. The van der Waals surface area contributed by atoms with Crippen LogP contribution < -0.4 is 4.74 Å². The molecule has 0 fully saturated rings. The summed E-state index contributed by atoms with van der Waals surface area (Å²) in [6, 6.07) is 8.37. The number of hydrogen-bond acceptors (Lipinski definition) is 1. The summed E-state index contributed by atoms with van der Waals surface area (Å²) in [4.78, 5) is 0. The van der Waals surface area contributed by atoms with Crippen LogP contribution in [0.5, 0.6) is 5.75 Å². The Morgan fingerprint density at radius 1 is 1.21 bits per heavy atom. The molecular weight excluding hydrogens is 172 g/mol. The van der Waals surface area contributed by atoms with Crippen LogP contribution in [0, 0.1) is 5.92 Å². The van der Waals surface area contributed by atoms with E-state index in [2.05, 4.69) is 44.2 Å². The minimum absolute atomic E-state index is 0.0380. The molecule has 72 valence electrons. The first-order valence-corrected chi connectivity index (χ1v) is 5.18. The van der Waals surface area contributed by atoms with Crippen LogP contribution in [0.3, 0.4) is 0 Å². The molecule has 2 aliphatic rings. The van der Waals surface area contributed by atoms with Gasteiger partial charge in [-0.25, -0.2) is 0 Å². The highest BCUT2D eigenvalue weighted by molar-refractivity contribution is 5.48. The molecule has 1 aliphatic heterocycles. The predicted molar refractivity (Wildman–Crippen MR) is 56.5 cm³/mol. The van der Waals surface area contributed by atoms with Crippen molar-refractivity contribution in [3.05, 3.63) is 42.0 Å². The van der Waals surface area contributed by atoms with Gasteiger partial charge < -0.3 is 4.74 Å². The lowest BCUT2D eigenvalue weighted by Crippen LogP contribution is -2.36. The van der Waals surface area contributed by atoms with E-state index < -0.39 is 0 Å². The van der Waals surface area contributed by atoms with E-state index in [1.807, 2.05) is 6.07 Å². The van der Waals surface area contributed by atoms with Crippen LogP contribution in [0.4, 0.5) is 0 Å². The lowest BCUT2D eigenvalue weighted by Gasteiger charge is -2.28. The molecule has 1 aromatic rings. The third kappa shape index (κ3) is 0.802. The van der Waals surface area contributed by atoms with E-state index >= 15 is 0 Å². The molecule has 0 bridgehead atoms. The van der Waals surface area contributed by atoms with Gasteiger partial charge in [-0.15, -0.1) is 0 Å². The van der Waals surface area contributed by atoms with E-state index in [-0.39, 0.29) is 5.60 Å². The van der Waals surface area contributed by atoms with Crippen LogP contribution in [0.1, 0.15) is 25.3 Å². The quantitative estimate of drug-likeness (QED) is 0.566. The molecule has 3 atom stereocenters. The zero-order chi connectivity index (χ0) is 9.76. The first kappa shape index (κ1) is 8.10. The Balaban J connectivity index is 2.16. The standard InChI is InChI=1S/C13H14O/c1-9-7-8-11-10-5-3-4-6-12(10)14-13(9,11)2/h3-9,11H,1-2H3/t9-,11+,13+/m1/s1. The summed E-state index contributed by atoms with van der Waals surface area (Å²) in [6.07, 6.45) is 4.55. The molecule has 0 amide bonds. The Kier molecular flexibility index (Phi) is 1.40. The van der Waals surface area contributed by atoms with Crippen LogP contribution in [0.15, 0.2) is 36.4 Å². The van der Waals surface area contributed by atoms with E-state index in [0.29, 0.717) is 11.8 Å². The number of ether oxygens (including phenoxy) is 1. The minimum atomic E-state index is -0.0380. The van der Waals surface area contributed by atoms with Gasteiger partial charge in [-0.1, -0.05) is 37.3 Å². The van der Waals surface area contributed by atoms with Crippen LogP contribution in [-0.2, 0) is 0 Å². The van der Waals surface area contributed by atoms with Gasteiger partial charge in [-0.2, -0.15) is 0 Å². The molecule has 0 N–H and O–H groups in total. The van der Waals surface area contributed by atoms with E-state index in [1.165, 1.54) is 5.56 Å². The number of fused-ring (bicyclic) bond motifs is 3. The summed E-state index contributed by atoms with van der Waals surface area (Å²) in [7, 11) is 0. The van der Waals surface area contributed by atoms with Gasteiger partial charge in [0, 0.05) is 17.4 Å². The Hall–Kier alpha value is -1.24. The lowest BCUT2D eigenvalue weighted by molar-refractivity contribution is 0.0745. The van der Waals surface area contributed by atoms with E-state index in [0.717, 1.165) is 5.75 Å². The average Bonchev–Trinajstić information content (AvgIpc) is 2.61. The third-order valence-corrected chi connectivity index (χ3v) is 3.70. The van der Waals surface area contributed by atoms with Crippen molar-refractivity contribution in [3.63, 3.8) is 0 Å². The summed E-state index contributed by atoms with van der Waals surface area (Å²) < 4.78 is 6.07. The van der Waals surface area contributed by atoms with Crippen LogP contribution in [-0.4, -0.2) is 5.60 Å². The molecule has 0 unspecified atom stereocenters. The van der Waals surface area contributed by atoms with Crippen molar-refractivity contribution in [1.29, 1.82) is 0 Å². The normalized spacial score (nSPS) is 37.9. The van der Waals surface area contributed by atoms with Gasteiger partial charge in [0.05, 0.1) is 0 Å². The van der Waals surface area contributed by atoms with Gasteiger partial charge in [0.15, 0.2) is 0 Å². The molecule has 3 rings (SSSR count). The van der Waals surface area contributed by atoms with Crippen LogP contribution in [0.2, 0.25) is 0 Å². The third-order valence-electron chi connectivity index (χ3n) is 3.70. The first-order chi connectivity index (χ1) is 6.72. The molecular formula is C13H14O. The highest BCUT2D eigenvalue weighted by Crippen LogP contribution is 2.52. The summed E-state index contributed by atoms with van der Waals surface area (Å²) in [5, 5.41) is 0. The maximum atomic E-state index is 6.07. The van der Waals surface area contributed by atoms with Crippen LogP contribution in [0.25, 0.3) is 0 Å². The van der Waals surface area contributed by atoms with E-state index in [4.69, 9.17) is 4.74 Å². The molecule has 14 heavy (non-hydrogen) atoms. The van der Waals surface area contributed by atoms with Gasteiger partial charge in [-0.05, 0) is 13.0 Å². The van der Waals surface area contributed by atoms with Crippen molar-refractivity contribution in [2.45, 2.75) is 25.4 Å². The maximum Gasteiger partial charge on any atom is 0.124 e. The Bertz CT molecular complexity index is 407. The zero-order valence-corrected chi connectivity index (χ0v) is 8.53. The van der Waals surface area contributed by atoms with Crippen LogP contribution >= 0.6 is 0 Å². The molecule has 0 saturated carbocycles. The topological polar surface area (TPSA) is 9.23 Å². The summed E-state index contributed by atoms with van der Waals surface area (Å²) >= 11 is 0. The average molecular weight is 186 g/mol. The van der Waals surface area contributed by atoms with Crippen molar-refractivity contribution in [2.75, 3.05) is 0 Å². The molecule has 0 radical (unpaired) electrons. The van der Waals surface area contributed by atoms with Crippen molar-refractivity contribution in [3.8, 4) is 5.75 Å². The van der Waals surface area contributed by atoms with E-state index in [1.54, 1.807) is 0 Å². The van der Waals surface area contributed by atoms with E-state index in [9.17, 15) is 0 Å². The Labute approximate surface area is 84.4 Å². The fourth-order valence-electron chi connectivity index (χ4n) is 2.58. The lowest BCUT2D eigenvalue weighted by atomic mass is 9.84. The minimum Gasteiger partial charge on any atom is -0.486 e. The molecule has 0 saturated heterocycles. The Morgan fingerprint density at radius 2 is 2.00 bits per heavy atom.